The van der Waals surface area contributed by atoms with Gasteiger partial charge in [-0.1, -0.05) is 12.1 Å². The summed E-state index contributed by atoms with van der Waals surface area (Å²) in [6.45, 7) is 2.23. The lowest BCUT2D eigenvalue weighted by molar-refractivity contribution is -0.141. The first kappa shape index (κ1) is 18.1. The average molecular weight is 362 g/mol. The molecular weight excluding hydrogens is 345 g/mol. The molecule has 8 heteroatoms. The molecule has 0 N–H and O–H groups in total. The maximum Gasteiger partial charge on any atom is 0.433 e. The summed E-state index contributed by atoms with van der Waals surface area (Å²) < 4.78 is 43.6. The van der Waals surface area contributed by atoms with Crippen LogP contribution >= 0.6 is 0 Å². The second-order valence-corrected chi connectivity index (χ2v) is 6.13. The van der Waals surface area contributed by atoms with Crippen LogP contribution in [0, 0.1) is 11.3 Å². The highest BCUT2D eigenvalue weighted by Crippen LogP contribution is 2.28. The van der Waals surface area contributed by atoms with E-state index >= 15 is 0 Å². The van der Waals surface area contributed by atoms with Gasteiger partial charge in [-0.25, -0.2) is 4.98 Å². The maximum atomic E-state index is 12.7. The van der Waals surface area contributed by atoms with Crippen LogP contribution in [0.1, 0.15) is 29.7 Å². The summed E-state index contributed by atoms with van der Waals surface area (Å²) in [5.41, 5.74) is 0.685. The number of hydrogen-bond donors (Lipinski definition) is 0. The molecule has 0 saturated carbocycles. The fraction of sp³-hybridized carbons (Fsp3) is 0.389. The largest absolute Gasteiger partial charge is 0.460 e. The molecule has 2 aromatic rings. The molecule has 1 aliphatic rings. The van der Waals surface area contributed by atoms with E-state index in [2.05, 4.69) is 20.9 Å². The van der Waals surface area contributed by atoms with E-state index < -0.39 is 11.9 Å². The minimum Gasteiger partial charge on any atom is -0.460 e. The van der Waals surface area contributed by atoms with Crippen LogP contribution in [0.25, 0.3) is 0 Å². The third-order valence-corrected chi connectivity index (χ3v) is 4.19. The van der Waals surface area contributed by atoms with Crippen molar-refractivity contribution >= 4 is 0 Å². The van der Waals surface area contributed by atoms with Gasteiger partial charge in [0.25, 0.3) is 0 Å². The van der Waals surface area contributed by atoms with Crippen molar-refractivity contribution in [2.75, 3.05) is 13.1 Å². The lowest BCUT2D eigenvalue weighted by atomic mass is 10.1. The fourth-order valence-corrected chi connectivity index (χ4v) is 2.89. The standard InChI is InChI=1S/C18H17F3N4O/c19-18(20,21)16-4-7-23-17(24-16)26-15-5-8-25(9-6-15)12-14-3-1-2-13(10-14)11-22/h1-4,7,10,15H,5-6,8-9,12H2. The molecule has 5 nitrogen and oxygen atoms in total. The van der Waals surface area contributed by atoms with Crippen LogP contribution in [0.15, 0.2) is 36.5 Å². The molecular formula is C18H17F3N4O. The predicted octanol–water partition coefficient (Wildman–Crippen LogP) is 3.41. The Morgan fingerprint density at radius 1 is 1.23 bits per heavy atom. The summed E-state index contributed by atoms with van der Waals surface area (Å²) in [6, 6.07) is 10.2. The molecule has 136 valence electrons. The third kappa shape index (κ3) is 4.70. The number of benzene rings is 1. The molecule has 2 heterocycles. The molecule has 1 aromatic carbocycles. The lowest BCUT2D eigenvalue weighted by Crippen LogP contribution is -2.38. The molecule has 1 fully saturated rings. The van der Waals surface area contributed by atoms with Gasteiger partial charge < -0.3 is 4.74 Å². The second-order valence-electron chi connectivity index (χ2n) is 6.13. The number of nitrogens with zero attached hydrogens (tertiary/aromatic N) is 4. The Hall–Kier alpha value is -2.66. The Morgan fingerprint density at radius 3 is 2.69 bits per heavy atom. The molecule has 0 aliphatic carbocycles. The van der Waals surface area contributed by atoms with Gasteiger partial charge in [0, 0.05) is 25.8 Å². The van der Waals surface area contributed by atoms with Crippen molar-refractivity contribution in [2.45, 2.75) is 31.7 Å². The normalized spacial score (nSPS) is 16.2. The molecule has 1 aromatic heterocycles. The van der Waals surface area contributed by atoms with Crippen molar-refractivity contribution in [1.82, 2.24) is 14.9 Å². The molecule has 1 aliphatic heterocycles. The number of rotatable bonds is 4. The van der Waals surface area contributed by atoms with Crippen LogP contribution in [-0.4, -0.2) is 34.1 Å². The third-order valence-electron chi connectivity index (χ3n) is 4.19. The van der Waals surface area contributed by atoms with Gasteiger partial charge in [-0.2, -0.15) is 23.4 Å². The Balaban J connectivity index is 1.53. The molecule has 0 radical (unpaired) electrons. The first-order valence-electron chi connectivity index (χ1n) is 8.22. The molecule has 3 rings (SSSR count). The summed E-state index contributed by atoms with van der Waals surface area (Å²) in [4.78, 5) is 9.44. The van der Waals surface area contributed by atoms with Gasteiger partial charge >= 0.3 is 12.2 Å². The first-order valence-corrected chi connectivity index (χ1v) is 8.22. The zero-order valence-corrected chi connectivity index (χ0v) is 13.9. The Labute approximate surface area is 149 Å². The van der Waals surface area contributed by atoms with Crippen LogP contribution in [0.5, 0.6) is 6.01 Å². The zero-order chi connectivity index (χ0) is 18.6. The molecule has 0 atom stereocenters. The summed E-state index contributed by atoms with van der Waals surface area (Å²) in [7, 11) is 0. The highest BCUT2D eigenvalue weighted by molar-refractivity contribution is 5.32. The number of nitriles is 1. The summed E-state index contributed by atoms with van der Waals surface area (Å²) in [5, 5.41) is 8.95. The smallest absolute Gasteiger partial charge is 0.433 e. The van der Waals surface area contributed by atoms with Crippen LogP contribution in [-0.2, 0) is 12.7 Å². The number of piperidine rings is 1. The van der Waals surface area contributed by atoms with Gasteiger partial charge in [0.1, 0.15) is 6.10 Å². The molecule has 0 spiro atoms. The number of hydrogen-bond acceptors (Lipinski definition) is 5. The van der Waals surface area contributed by atoms with Crippen LogP contribution < -0.4 is 4.74 Å². The lowest BCUT2D eigenvalue weighted by Gasteiger charge is -2.31. The quantitative estimate of drug-likeness (QED) is 0.834. The van der Waals surface area contributed by atoms with E-state index in [1.54, 1.807) is 6.07 Å². The Morgan fingerprint density at radius 2 is 2.00 bits per heavy atom. The molecule has 0 bridgehead atoms. The molecule has 0 unspecified atom stereocenters. The van der Waals surface area contributed by atoms with Gasteiger partial charge in [0.15, 0.2) is 5.69 Å². The monoisotopic (exact) mass is 362 g/mol. The summed E-state index contributed by atoms with van der Waals surface area (Å²) in [5.74, 6) is 0. The van der Waals surface area contributed by atoms with E-state index in [1.807, 2.05) is 18.2 Å². The Bertz CT molecular complexity index is 796. The van der Waals surface area contributed by atoms with E-state index in [1.165, 1.54) is 0 Å². The topological polar surface area (TPSA) is 62.0 Å². The summed E-state index contributed by atoms with van der Waals surface area (Å²) in [6.07, 6.45) is -2.31. The Kier molecular flexibility index (Phi) is 5.38. The van der Waals surface area contributed by atoms with Crippen LogP contribution in [0.3, 0.4) is 0 Å². The van der Waals surface area contributed by atoms with Crippen LogP contribution in [0.2, 0.25) is 0 Å². The van der Waals surface area contributed by atoms with E-state index in [4.69, 9.17) is 10.00 Å². The van der Waals surface area contributed by atoms with E-state index in [0.717, 1.165) is 37.5 Å². The highest BCUT2D eigenvalue weighted by atomic mass is 19.4. The van der Waals surface area contributed by atoms with Gasteiger partial charge in [0.2, 0.25) is 0 Å². The van der Waals surface area contributed by atoms with Crippen molar-refractivity contribution in [2.24, 2.45) is 0 Å². The number of aromatic nitrogens is 2. The molecule has 26 heavy (non-hydrogen) atoms. The average Bonchev–Trinajstić information content (AvgIpc) is 2.63. The van der Waals surface area contributed by atoms with Crippen molar-refractivity contribution in [1.29, 1.82) is 5.26 Å². The second kappa shape index (κ2) is 7.70. The molecule has 1 saturated heterocycles. The minimum atomic E-state index is -4.51. The maximum absolute atomic E-state index is 12.7. The zero-order valence-electron chi connectivity index (χ0n) is 13.9. The predicted molar refractivity (Wildman–Crippen MR) is 87.1 cm³/mol. The fourth-order valence-electron chi connectivity index (χ4n) is 2.89. The number of halogens is 3. The number of alkyl halides is 3. The number of likely N-dealkylation sites (tertiary alicyclic amines) is 1. The van der Waals surface area contributed by atoms with E-state index in [9.17, 15) is 13.2 Å². The van der Waals surface area contributed by atoms with Crippen molar-refractivity contribution in [3.8, 4) is 12.1 Å². The SMILES string of the molecule is N#Cc1cccc(CN2CCC(Oc3nccc(C(F)(F)F)n3)CC2)c1. The van der Waals surface area contributed by atoms with Gasteiger partial charge in [0.05, 0.1) is 11.6 Å². The number of ether oxygens (including phenoxy) is 1. The van der Waals surface area contributed by atoms with E-state index in [0.29, 0.717) is 18.4 Å². The van der Waals surface area contributed by atoms with Crippen LogP contribution in [0.4, 0.5) is 13.2 Å². The first-order chi connectivity index (χ1) is 12.4. The van der Waals surface area contributed by atoms with Crippen molar-refractivity contribution in [3.05, 3.63) is 53.3 Å². The van der Waals surface area contributed by atoms with Crippen molar-refractivity contribution in [3.63, 3.8) is 0 Å². The summed E-state index contributed by atoms with van der Waals surface area (Å²) >= 11 is 0. The molecule has 0 amide bonds. The van der Waals surface area contributed by atoms with Gasteiger partial charge in [-0.3, -0.25) is 4.90 Å². The minimum absolute atomic E-state index is 0.208. The van der Waals surface area contributed by atoms with Gasteiger partial charge in [-0.05, 0) is 36.6 Å². The van der Waals surface area contributed by atoms with Gasteiger partial charge in [-0.15, -0.1) is 0 Å². The highest BCUT2D eigenvalue weighted by Gasteiger charge is 2.33. The van der Waals surface area contributed by atoms with E-state index in [-0.39, 0.29) is 12.1 Å². The van der Waals surface area contributed by atoms with Crippen molar-refractivity contribution < 1.29 is 17.9 Å².